The van der Waals surface area contributed by atoms with Gasteiger partial charge in [-0.1, -0.05) is 0 Å². The molecule has 0 amide bonds. The van der Waals surface area contributed by atoms with E-state index in [1.165, 1.54) is 13.8 Å². The molecule has 1 fully saturated rings. The average Bonchev–Trinajstić information content (AvgIpc) is 2.78. The van der Waals surface area contributed by atoms with Crippen LogP contribution in [0.4, 0.5) is 4.39 Å². The molecule has 0 saturated carbocycles. The zero-order chi connectivity index (χ0) is 28.3. The van der Waals surface area contributed by atoms with Crippen LogP contribution < -0.4 is 0 Å². The number of hydrogen-bond acceptors (Lipinski definition) is 14. The first-order chi connectivity index (χ1) is 17.3. The zero-order valence-corrected chi connectivity index (χ0v) is 21.3. The van der Waals surface area contributed by atoms with Crippen LogP contribution in [-0.2, 0) is 66.7 Å². The number of ether oxygens (including phenoxy) is 8. The van der Waals surface area contributed by atoms with E-state index in [9.17, 15) is 28.8 Å². The van der Waals surface area contributed by atoms with Crippen molar-refractivity contribution in [3.8, 4) is 0 Å². The average molecular weight is 538 g/mol. The van der Waals surface area contributed by atoms with Gasteiger partial charge in [-0.05, 0) is 13.8 Å². The molecule has 0 aromatic heterocycles. The van der Waals surface area contributed by atoms with Gasteiger partial charge in [0.05, 0.1) is 13.2 Å². The van der Waals surface area contributed by atoms with Crippen molar-refractivity contribution in [1.29, 1.82) is 0 Å². The summed E-state index contributed by atoms with van der Waals surface area (Å²) < 4.78 is 56.3. The van der Waals surface area contributed by atoms with Crippen molar-refractivity contribution in [2.24, 2.45) is 0 Å². The van der Waals surface area contributed by atoms with Crippen molar-refractivity contribution in [3.63, 3.8) is 0 Å². The molecule has 0 radical (unpaired) electrons. The first kappa shape index (κ1) is 31.7. The van der Waals surface area contributed by atoms with Gasteiger partial charge in [-0.25, -0.2) is 14.0 Å². The van der Waals surface area contributed by atoms with Gasteiger partial charge in [0, 0.05) is 27.7 Å². The Morgan fingerprint density at radius 3 is 1.59 bits per heavy atom. The molecule has 0 bridgehead atoms. The highest BCUT2D eigenvalue weighted by Gasteiger charge is 2.56. The Labute approximate surface area is 211 Å². The zero-order valence-electron chi connectivity index (χ0n) is 21.3. The Morgan fingerprint density at radius 1 is 0.703 bits per heavy atom. The summed E-state index contributed by atoms with van der Waals surface area (Å²) in [6, 6.07) is 0. The van der Waals surface area contributed by atoms with Crippen LogP contribution >= 0.6 is 0 Å². The lowest BCUT2D eigenvalue weighted by Crippen LogP contribution is -2.63. The van der Waals surface area contributed by atoms with Crippen LogP contribution in [-0.4, -0.2) is 98.6 Å². The minimum atomic E-state index is -3.45. The van der Waals surface area contributed by atoms with E-state index in [0.29, 0.717) is 0 Å². The molecular formula is C22H31FO14. The molecule has 0 spiro atoms. The smallest absolute Gasteiger partial charge is 0.358 e. The fourth-order valence-electron chi connectivity index (χ4n) is 3.21. The Bertz CT molecular complexity index is 840. The molecule has 5 atom stereocenters. The Hall–Kier alpha value is -3.33. The quantitative estimate of drug-likeness (QED) is 0.183. The summed E-state index contributed by atoms with van der Waals surface area (Å²) >= 11 is 0. The number of carbonyl (C=O) groups excluding carboxylic acids is 6. The fraction of sp³-hybridized carbons (Fsp3) is 0.727. The summed E-state index contributed by atoms with van der Waals surface area (Å²) in [4.78, 5) is 71.3. The van der Waals surface area contributed by atoms with E-state index in [1.807, 2.05) is 0 Å². The molecule has 1 heterocycles. The van der Waals surface area contributed by atoms with Gasteiger partial charge in [-0.3, -0.25) is 19.2 Å². The van der Waals surface area contributed by atoms with Gasteiger partial charge < -0.3 is 37.9 Å². The summed E-state index contributed by atoms with van der Waals surface area (Å²) in [5.41, 5.74) is -3.45. The third kappa shape index (κ3) is 9.24. The van der Waals surface area contributed by atoms with Crippen molar-refractivity contribution in [2.75, 3.05) is 26.4 Å². The number of carbonyl (C=O) groups is 6. The molecule has 37 heavy (non-hydrogen) atoms. The predicted octanol–water partition coefficient (Wildman–Crippen LogP) is -0.0794. The number of alkyl halides is 1. The second-order valence-corrected chi connectivity index (χ2v) is 7.62. The summed E-state index contributed by atoms with van der Waals surface area (Å²) in [5, 5.41) is 0. The van der Waals surface area contributed by atoms with Crippen LogP contribution in [0.1, 0.15) is 41.5 Å². The minimum Gasteiger partial charge on any atom is -0.463 e. The van der Waals surface area contributed by atoms with Crippen molar-refractivity contribution in [2.45, 2.75) is 77.9 Å². The number of esters is 6. The maximum Gasteiger partial charge on any atom is 0.358 e. The molecule has 0 aliphatic carbocycles. The fourth-order valence-corrected chi connectivity index (χ4v) is 3.21. The van der Waals surface area contributed by atoms with Crippen molar-refractivity contribution >= 4 is 35.8 Å². The van der Waals surface area contributed by atoms with Gasteiger partial charge in [-0.2, -0.15) is 0 Å². The van der Waals surface area contributed by atoms with Crippen LogP contribution in [0, 0.1) is 0 Å². The standard InChI is InChI=1S/C22H31FO14/c1-7-30-20(28)22(23,21(29)31-8-2)10-33-19-18(36-14(6)27)17(35-13(5)26)16(34-12(4)25)15(37-19)9-32-11(3)24/h15-19H,7-10H2,1-6H3. The molecule has 1 aliphatic rings. The molecule has 0 aromatic rings. The lowest BCUT2D eigenvalue weighted by atomic mass is 9.98. The van der Waals surface area contributed by atoms with Crippen molar-refractivity contribution < 1.29 is 71.1 Å². The molecule has 15 heteroatoms. The highest BCUT2D eigenvalue weighted by molar-refractivity contribution is 6.03. The van der Waals surface area contributed by atoms with E-state index in [1.54, 1.807) is 0 Å². The van der Waals surface area contributed by atoms with E-state index >= 15 is 4.39 Å². The van der Waals surface area contributed by atoms with E-state index < -0.39 is 85.4 Å². The molecule has 5 unspecified atom stereocenters. The first-order valence-electron chi connectivity index (χ1n) is 11.2. The van der Waals surface area contributed by atoms with E-state index in [0.717, 1.165) is 27.7 Å². The number of rotatable bonds is 12. The van der Waals surface area contributed by atoms with Crippen LogP contribution in [0.3, 0.4) is 0 Å². The van der Waals surface area contributed by atoms with Gasteiger partial charge in [0.2, 0.25) is 0 Å². The van der Waals surface area contributed by atoms with Gasteiger partial charge in [0.1, 0.15) is 19.3 Å². The Morgan fingerprint density at radius 2 is 1.16 bits per heavy atom. The summed E-state index contributed by atoms with van der Waals surface area (Å²) in [6.07, 6.45) is -7.96. The van der Waals surface area contributed by atoms with E-state index in [-0.39, 0.29) is 13.2 Å². The molecule has 1 aliphatic heterocycles. The van der Waals surface area contributed by atoms with Crippen LogP contribution in [0.25, 0.3) is 0 Å². The predicted molar refractivity (Wildman–Crippen MR) is 115 cm³/mol. The maximum atomic E-state index is 15.5. The maximum absolute atomic E-state index is 15.5. The van der Waals surface area contributed by atoms with Crippen LogP contribution in [0.5, 0.6) is 0 Å². The molecule has 0 aromatic carbocycles. The lowest BCUT2D eigenvalue weighted by Gasteiger charge is -2.44. The lowest BCUT2D eigenvalue weighted by molar-refractivity contribution is -0.312. The van der Waals surface area contributed by atoms with Crippen molar-refractivity contribution in [3.05, 3.63) is 0 Å². The third-order valence-electron chi connectivity index (χ3n) is 4.59. The molecular weight excluding hydrogens is 507 g/mol. The first-order valence-corrected chi connectivity index (χ1v) is 11.2. The minimum absolute atomic E-state index is 0.275. The third-order valence-corrected chi connectivity index (χ3v) is 4.59. The highest BCUT2D eigenvalue weighted by atomic mass is 19.1. The van der Waals surface area contributed by atoms with Gasteiger partial charge in [0.15, 0.2) is 24.6 Å². The van der Waals surface area contributed by atoms with E-state index in [2.05, 4.69) is 9.47 Å². The summed E-state index contributed by atoms with van der Waals surface area (Å²) in [5.74, 6) is -6.66. The second-order valence-electron chi connectivity index (χ2n) is 7.62. The van der Waals surface area contributed by atoms with Crippen LogP contribution in [0.15, 0.2) is 0 Å². The molecule has 0 N–H and O–H groups in total. The molecule has 1 saturated heterocycles. The van der Waals surface area contributed by atoms with Gasteiger partial charge >= 0.3 is 41.5 Å². The molecule has 1 rings (SSSR count). The topological polar surface area (TPSA) is 176 Å². The Kier molecular flexibility index (Phi) is 12.4. The van der Waals surface area contributed by atoms with Crippen molar-refractivity contribution in [1.82, 2.24) is 0 Å². The SMILES string of the molecule is CCOC(=O)C(F)(COC1OC(COC(C)=O)C(OC(C)=O)C(OC(C)=O)C1OC(C)=O)C(=O)OCC. The monoisotopic (exact) mass is 538 g/mol. The summed E-state index contributed by atoms with van der Waals surface area (Å²) in [6.45, 7) is 4.43. The largest absolute Gasteiger partial charge is 0.463 e. The highest BCUT2D eigenvalue weighted by Crippen LogP contribution is 2.31. The number of halogens is 1. The second kappa shape index (κ2) is 14.4. The van der Waals surface area contributed by atoms with E-state index in [4.69, 9.17) is 28.4 Å². The Balaban J connectivity index is 3.45. The molecule has 210 valence electrons. The summed E-state index contributed by atoms with van der Waals surface area (Å²) in [7, 11) is 0. The van der Waals surface area contributed by atoms with Gasteiger partial charge in [0.25, 0.3) is 0 Å². The van der Waals surface area contributed by atoms with Gasteiger partial charge in [-0.15, -0.1) is 0 Å². The number of hydrogen-bond donors (Lipinski definition) is 0. The van der Waals surface area contributed by atoms with Crippen LogP contribution in [0.2, 0.25) is 0 Å². The molecule has 14 nitrogen and oxygen atoms in total. The normalized spacial score (nSPS) is 23.3.